The number of hydrogen-bond acceptors (Lipinski definition) is 11. The molecular weight excluding hydrogens is 590 g/mol. The summed E-state index contributed by atoms with van der Waals surface area (Å²) in [6, 6.07) is 16.5. The van der Waals surface area contributed by atoms with Crippen LogP contribution >= 0.6 is 23.1 Å². The highest BCUT2D eigenvalue weighted by atomic mass is 32.2. The number of hydrogen-bond donors (Lipinski definition) is 2. The molecule has 0 radical (unpaired) electrons. The number of amides is 1. The third-order valence-electron chi connectivity index (χ3n) is 6.94. The van der Waals surface area contributed by atoms with Crippen molar-refractivity contribution in [2.45, 2.75) is 30.0 Å². The van der Waals surface area contributed by atoms with Gasteiger partial charge < -0.3 is 24.4 Å². The van der Waals surface area contributed by atoms with Gasteiger partial charge in [-0.1, -0.05) is 59.0 Å². The fraction of sp³-hybridized carbons (Fsp3) is 0.226. The highest BCUT2D eigenvalue weighted by Crippen LogP contribution is 2.46. The zero-order valence-electron chi connectivity index (χ0n) is 23.3. The van der Waals surface area contributed by atoms with E-state index >= 15 is 0 Å². The zero-order chi connectivity index (χ0) is 30.1. The molecule has 3 heterocycles. The highest BCUT2D eigenvalue weighted by Gasteiger charge is 2.48. The van der Waals surface area contributed by atoms with Gasteiger partial charge in [0.2, 0.25) is 5.13 Å². The number of fused-ring (bicyclic) bond motifs is 1. The average Bonchev–Trinajstić information content (AvgIpc) is 3.59. The Kier molecular flexibility index (Phi) is 7.96. The predicted molar refractivity (Wildman–Crippen MR) is 162 cm³/mol. The lowest BCUT2D eigenvalue weighted by Crippen LogP contribution is -2.29. The maximum atomic E-state index is 13.6. The van der Waals surface area contributed by atoms with E-state index in [1.165, 1.54) is 39.6 Å². The Labute approximate surface area is 255 Å². The second kappa shape index (κ2) is 12.0. The second-order valence-corrected chi connectivity index (χ2v) is 12.0. The van der Waals surface area contributed by atoms with Crippen molar-refractivity contribution in [3.8, 4) is 23.0 Å². The van der Waals surface area contributed by atoms with Crippen molar-refractivity contribution in [2.75, 3.05) is 24.7 Å². The lowest BCUT2D eigenvalue weighted by atomic mass is 9.95. The van der Waals surface area contributed by atoms with Crippen molar-refractivity contribution in [1.82, 2.24) is 10.2 Å². The summed E-state index contributed by atoms with van der Waals surface area (Å²) in [5, 5.41) is 30.6. The smallest absolute Gasteiger partial charge is 0.301 e. The van der Waals surface area contributed by atoms with Gasteiger partial charge in [-0.2, -0.15) is 0 Å². The zero-order valence-corrected chi connectivity index (χ0v) is 24.9. The Morgan fingerprint density at radius 3 is 2.58 bits per heavy atom. The molecule has 2 N–H and O–H groups in total. The number of aromatic hydroxyl groups is 1. The van der Waals surface area contributed by atoms with E-state index in [0.717, 1.165) is 5.56 Å². The first kappa shape index (κ1) is 28.6. The largest absolute Gasteiger partial charge is 0.507 e. The van der Waals surface area contributed by atoms with Crippen molar-refractivity contribution in [3.05, 3.63) is 88.5 Å². The molecule has 1 unspecified atom stereocenters. The normalized spacial score (nSPS) is 17.3. The van der Waals surface area contributed by atoms with Crippen molar-refractivity contribution in [1.29, 1.82) is 0 Å². The highest BCUT2D eigenvalue weighted by molar-refractivity contribution is 8.00. The first-order valence-electron chi connectivity index (χ1n) is 13.5. The van der Waals surface area contributed by atoms with E-state index in [4.69, 9.17) is 14.2 Å². The molecule has 4 aromatic rings. The number of phenols is 1. The molecule has 2 aliphatic rings. The van der Waals surface area contributed by atoms with Crippen LogP contribution in [0.5, 0.6) is 23.0 Å². The molecule has 0 aliphatic carbocycles. The molecule has 220 valence electrons. The molecule has 1 saturated heterocycles. The first-order valence-corrected chi connectivity index (χ1v) is 15.3. The maximum Gasteiger partial charge on any atom is 0.301 e. The summed E-state index contributed by atoms with van der Waals surface area (Å²) in [6.07, 6.45) is 0. The molecule has 10 nitrogen and oxygen atoms in total. The molecular formula is C31H27N3O7S2. The number of ketones is 1. The van der Waals surface area contributed by atoms with Gasteiger partial charge in [0.15, 0.2) is 27.3 Å². The van der Waals surface area contributed by atoms with Crippen LogP contribution in [0, 0.1) is 6.92 Å². The van der Waals surface area contributed by atoms with Crippen molar-refractivity contribution < 1.29 is 34.0 Å². The standard InChI is InChI=1S/C31H27N3O7S2/c1-3-39-23-14-19(8-10-21(23)35)26-25(27(36)20-9-11-22-24(15-20)41-13-12-40-22)28(37)29(38)34(26)30-32-33-31(43-30)42-16-18-6-4-17(2)5-7-18/h4-11,14-15,26,35-36H,3,12-13,16H2,1-2H3/b27-25+. The molecule has 2 aliphatic heterocycles. The number of carbonyl (C=O) groups excluding carboxylic acids is 2. The number of benzene rings is 3. The summed E-state index contributed by atoms with van der Waals surface area (Å²) in [4.78, 5) is 28.4. The maximum absolute atomic E-state index is 13.6. The Balaban J connectivity index is 1.41. The number of aliphatic hydroxyl groups is 1. The van der Waals surface area contributed by atoms with Crippen molar-refractivity contribution in [2.24, 2.45) is 0 Å². The monoisotopic (exact) mass is 617 g/mol. The summed E-state index contributed by atoms with van der Waals surface area (Å²) >= 11 is 2.64. The third kappa shape index (κ3) is 5.63. The summed E-state index contributed by atoms with van der Waals surface area (Å²) < 4.78 is 17.4. The number of aryl methyl sites for hydroxylation is 1. The third-order valence-corrected chi connectivity index (χ3v) is 9.07. The van der Waals surface area contributed by atoms with E-state index in [0.29, 0.717) is 40.4 Å². The number of aliphatic hydroxyl groups excluding tert-OH is 1. The van der Waals surface area contributed by atoms with E-state index in [1.807, 2.05) is 31.2 Å². The van der Waals surface area contributed by atoms with Gasteiger partial charge >= 0.3 is 5.91 Å². The van der Waals surface area contributed by atoms with E-state index < -0.39 is 17.7 Å². The second-order valence-electron chi connectivity index (χ2n) is 9.81. The predicted octanol–water partition coefficient (Wildman–Crippen LogP) is 5.64. The van der Waals surface area contributed by atoms with Crippen LogP contribution in [0.1, 0.15) is 35.2 Å². The average molecular weight is 618 g/mol. The number of carbonyl (C=O) groups is 2. The fourth-order valence-corrected chi connectivity index (χ4v) is 6.67. The minimum absolute atomic E-state index is 0.0971. The molecule has 1 aromatic heterocycles. The number of anilines is 1. The molecule has 1 fully saturated rings. The van der Waals surface area contributed by atoms with Crippen LogP contribution < -0.4 is 19.1 Å². The Morgan fingerprint density at radius 1 is 1.05 bits per heavy atom. The molecule has 0 bridgehead atoms. The van der Waals surface area contributed by atoms with Gasteiger partial charge in [0, 0.05) is 11.3 Å². The summed E-state index contributed by atoms with van der Waals surface area (Å²) in [5.41, 5.74) is 2.85. The first-order chi connectivity index (χ1) is 20.8. The topological polar surface area (TPSA) is 131 Å². The molecule has 0 spiro atoms. The fourth-order valence-electron chi connectivity index (χ4n) is 4.85. The van der Waals surface area contributed by atoms with E-state index in [9.17, 15) is 19.8 Å². The van der Waals surface area contributed by atoms with Gasteiger partial charge in [-0.05, 0) is 55.3 Å². The van der Waals surface area contributed by atoms with E-state index in [2.05, 4.69) is 10.2 Å². The molecule has 6 rings (SSSR count). The SMILES string of the molecule is CCOc1cc(C2/C(=C(\O)c3ccc4c(c3)OCCO4)C(=O)C(=O)N2c2nnc(SCc3ccc(C)cc3)s2)ccc1O. The van der Waals surface area contributed by atoms with Gasteiger partial charge in [0.25, 0.3) is 5.78 Å². The lowest BCUT2D eigenvalue weighted by Gasteiger charge is -2.23. The van der Waals surface area contributed by atoms with Crippen LogP contribution in [-0.2, 0) is 15.3 Å². The van der Waals surface area contributed by atoms with Crippen LogP contribution in [0.25, 0.3) is 5.76 Å². The molecule has 1 atom stereocenters. The van der Waals surface area contributed by atoms with Crippen LogP contribution in [0.15, 0.2) is 70.6 Å². The number of aromatic nitrogens is 2. The minimum atomic E-state index is -1.07. The molecule has 3 aromatic carbocycles. The number of phenolic OH excluding ortho intramolecular Hbond substituents is 1. The van der Waals surface area contributed by atoms with Crippen LogP contribution in [0.2, 0.25) is 0 Å². The summed E-state index contributed by atoms with van der Waals surface area (Å²) in [6.45, 7) is 4.83. The van der Waals surface area contributed by atoms with Gasteiger partial charge in [-0.15, -0.1) is 10.2 Å². The van der Waals surface area contributed by atoms with E-state index in [1.54, 1.807) is 37.3 Å². The molecule has 0 saturated carbocycles. The van der Waals surface area contributed by atoms with Crippen LogP contribution in [-0.4, -0.2) is 51.9 Å². The quantitative estimate of drug-likeness (QED) is 0.0842. The number of thioether (sulfide) groups is 1. The molecule has 43 heavy (non-hydrogen) atoms. The number of nitrogens with zero attached hydrogens (tertiary/aromatic N) is 3. The Morgan fingerprint density at radius 2 is 1.81 bits per heavy atom. The number of rotatable bonds is 8. The lowest BCUT2D eigenvalue weighted by molar-refractivity contribution is -0.132. The summed E-state index contributed by atoms with van der Waals surface area (Å²) in [7, 11) is 0. The van der Waals surface area contributed by atoms with Gasteiger partial charge in [0.1, 0.15) is 19.0 Å². The Bertz CT molecular complexity index is 1740. The van der Waals surface area contributed by atoms with Crippen LogP contribution in [0.3, 0.4) is 0 Å². The van der Waals surface area contributed by atoms with E-state index in [-0.39, 0.29) is 40.1 Å². The van der Waals surface area contributed by atoms with Gasteiger partial charge in [0.05, 0.1) is 18.2 Å². The molecule has 1 amide bonds. The van der Waals surface area contributed by atoms with Crippen molar-refractivity contribution >= 4 is 45.7 Å². The van der Waals surface area contributed by atoms with Crippen LogP contribution in [0.4, 0.5) is 5.13 Å². The number of Topliss-reactive ketones (excluding diaryl/α,β-unsaturated/α-hetero) is 1. The van der Waals surface area contributed by atoms with Gasteiger partial charge in [-0.25, -0.2) is 0 Å². The number of ether oxygens (including phenoxy) is 3. The van der Waals surface area contributed by atoms with Crippen molar-refractivity contribution in [3.63, 3.8) is 0 Å². The molecule has 12 heteroatoms. The van der Waals surface area contributed by atoms with Gasteiger partial charge in [-0.3, -0.25) is 14.5 Å². The minimum Gasteiger partial charge on any atom is -0.507 e. The Hall–Kier alpha value is -4.55. The summed E-state index contributed by atoms with van der Waals surface area (Å²) in [5.74, 6) is -0.456.